The van der Waals surface area contributed by atoms with Gasteiger partial charge in [0, 0.05) is 16.3 Å². The number of aromatic amines is 1. The third-order valence-electron chi connectivity index (χ3n) is 2.28. The second-order valence-electron chi connectivity index (χ2n) is 3.24. The molecule has 0 amide bonds. The smallest absolute Gasteiger partial charge is 0.121 e. The molecular formula is C10H8N2S. The van der Waals surface area contributed by atoms with Gasteiger partial charge >= 0.3 is 0 Å². The monoisotopic (exact) mass is 188 g/mol. The minimum atomic E-state index is 1.17. The van der Waals surface area contributed by atoms with Crippen LogP contribution in [0, 0.1) is 6.92 Å². The van der Waals surface area contributed by atoms with Gasteiger partial charge in [0.25, 0.3) is 0 Å². The lowest BCUT2D eigenvalue weighted by atomic mass is 10.1. The third kappa shape index (κ3) is 0.906. The number of aromatic nitrogens is 2. The van der Waals surface area contributed by atoms with Gasteiger partial charge in [0.1, 0.15) is 4.83 Å². The Morgan fingerprint density at radius 1 is 1.31 bits per heavy atom. The van der Waals surface area contributed by atoms with Crippen molar-refractivity contribution in [1.82, 2.24) is 9.36 Å². The Morgan fingerprint density at radius 3 is 3.15 bits per heavy atom. The van der Waals surface area contributed by atoms with Crippen molar-refractivity contribution < 1.29 is 0 Å². The van der Waals surface area contributed by atoms with Gasteiger partial charge in [-0.05, 0) is 30.6 Å². The van der Waals surface area contributed by atoms with Crippen molar-refractivity contribution in [3.8, 4) is 0 Å². The Labute approximate surface area is 79.4 Å². The molecule has 3 rings (SSSR count). The molecule has 0 saturated carbocycles. The molecule has 3 heteroatoms. The fourth-order valence-electron chi connectivity index (χ4n) is 1.63. The summed E-state index contributed by atoms with van der Waals surface area (Å²) < 4.78 is 4.15. The Hall–Kier alpha value is -1.35. The van der Waals surface area contributed by atoms with Crippen molar-refractivity contribution in [3.63, 3.8) is 0 Å². The zero-order chi connectivity index (χ0) is 8.84. The summed E-state index contributed by atoms with van der Waals surface area (Å²) in [5.74, 6) is 0. The summed E-state index contributed by atoms with van der Waals surface area (Å²) in [6.45, 7) is 2.11. The highest BCUT2D eigenvalue weighted by Gasteiger charge is 2.04. The first-order valence-electron chi connectivity index (χ1n) is 4.17. The van der Waals surface area contributed by atoms with E-state index in [0.29, 0.717) is 0 Å². The molecule has 0 aliphatic heterocycles. The third-order valence-corrected chi connectivity index (χ3v) is 3.00. The van der Waals surface area contributed by atoms with Crippen molar-refractivity contribution in [1.29, 1.82) is 0 Å². The van der Waals surface area contributed by atoms with Crippen LogP contribution in [-0.2, 0) is 0 Å². The molecule has 0 aliphatic carbocycles. The van der Waals surface area contributed by atoms with Crippen LogP contribution in [0.2, 0.25) is 0 Å². The Bertz CT molecular complexity index is 577. The summed E-state index contributed by atoms with van der Waals surface area (Å²) in [5, 5.41) is 2.52. The second-order valence-corrected chi connectivity index (χ2v) is 4.04. The quantitative estimate of drug-likeness (QED) is 0.577. The maximum absolute atomic E-state index is 4.15. The van der Waals surface area contributed by atoms with Crippen LogP contribution in [0.1, 0.15) is 5.56 Å². The molecule has 1 aromatic carbocycles. The average Bonchev–Trinajstić information content (AvgIpc) is 2.64. The van der Waals surface area contributed by atoms with Crippen LogP contribution in [0.25, 0.3) is 21.1 Å². The van der Waals surface area contributed by atoms with Gasteiger partial charge < -0.3 is 4.98 Å². The summed E-state index contributed by atoms with van der Waals surface area (Å²) in [5.41, 5.74) is 2.49. The van der Waals surface area contributed by atoms with Crippen molar-refractivity contribution in [2.45, 2.75) is 6.92 Å². The summed E-state index contributed by atoms with van der Waals surface area (Å²) in [7, 11) is 0. The van der Waals surface area contributed by atoms with Gasteiger partial charge in [-0.15, -0.1) is 0 Å². The van der Waals surface area contributed by atoms with Crippen LogP contribution in [0.5, 0.6) is 0 Å². The van der Waals surface area contributed by atoms with Crippen LogP contribution in [0.15, 0.2) is 24.4 Å². The lowest BCUT2D eigenvalue weighted by Crippen LogP contribution is -1.71. The SMILES string of the molecule is Cc1ccc2[nH]c3sncc3c2c1. The van der Waals surface area contributed by atoms with Crippen molar-refractivity contribution >= 4 is 32.7 Å². The summed E-state index contributed by atoms with van der Waals surface area (Å²) >= 11 is 1.51. The molecular weight excluding hydrogens is 180 g/mol. The number of benzene rings is 1. The van der Waals surface area contributed by atoms with Gasteiger partial charge in [0.2, 0.25) is 0 Å². The summed E-state index contributed by atoms with van der Waals surface area (Å²) in [6.07, 6.45) is 1.93. The molecule has 0 fully saturated rings. The largest absolute Gasteiger partial charge is 0.345 e. The van der Waals surface area contributed by atoms with E-state index in [1.54, 1.807) is 0 Å². The first kappa shape index (κ1) is 7.09. The van der Waals surface area contributed by atoms with Gasteiger partial charge in [0.05, 0.1) is 6.20 Å². The highest BCUT2D eigenvalue weighted by atomic mass is 32.1. The van der Waals surface area contributed by atoms with Crippen molar-refractivity contribution in [2.75, 3.05) is 0 Å². The molecule has 0 saturated heterocycles. The molecule has 0 aliphatic rings. The zero-order valence-corrected chi connectivity index (χ0v) is 7.98. The zero-order valence-electron chi connectivity index (χ0n) is 7.16. The molecule has 0 radical (unpaired) electrons. The van der Waals surface area contributed by atoms with E-state index < -0.39 is 0 Å². The van der Waals surface area contributed by atoms with Gasteiger partial charge in [-0.2, -0.15) is 4.37 Å². The molecule has 2 aromatic heterocycles. The standard InChI is InChI=1S/C10H8N2S/c1-6-2-3-9-7(4-6)8-5-11-13-10(8)12-9/h2-5,12H,1H3. The molecule has 13 heavy (non-hydrogen) atoms. The van der Waals surface area contributed by atoms with E-state index in [9.17, 15) is 0 Å². The van der Waals surface area contributed by atoms with E-state index >= 15 is 0 Å². The number of H-pyrrole nitrogens is 1. The number of rotatable bonds is 0. The van der Waals surface area contributed by atoms with Crippen LogP contribution in [-0.4, -0.2) is 9.36 Å². The molecule has 0 unspecified atom stereocenters. The van der Waals surface area contributed by atoms with Gasteiger partial charge in [-0.1, -0.05) is 11.6 Å². The summed E-state index contributed by atoms with van der Waals surface area (Å²) in [6, 6.07) is 6.44. The highest BCUT2D eigenvalue weighted by Crippen LogP contribution is 2.27. The number of nitrogens with zero attached hydrogens (tertiary/aromatic N) is 1. The molecule has 0 atom stereocenters. The molecule has 3 aromatic rings. The van der Waals surface area contributed by atoms with E-state index in [4.69, 9.17) is 0 Å². The molecule has 0 bridgehead atoms. The molecule has 2 nitrogen and oxygen atoms in total. The molecule has 64 valence electrons. The van der Waals surface area contributed by atoms with Crippen LogP contribution < -0.4 is 0 Å². The predicted octanol–water partition coefficient (Wildman–Crippen LogP) is 3.09. The first-order chi connectivity index (χ1) is 6.34. The number of hydrogen-bond donors (Lipinski definition) is 1. The molecule has 2 heterocycles. The van der Waals surface area contributed by atoms with Gasteiger partial charge in [-0.3, -0.25) is 0 Å². The van der Waals surface area contributed by atoms with Gasteiger partial charge in [-0.25, -0.2) is 0 Å². The number of aryl methyl sites for hydroxylation is 1. The van der Waals surface area contributed by atoms with E-state index in [-0.39, 0.29) is 0 Å². The number of nitrogens with one attached hydrogen (secondary N) is 1. The van der Waals surface area contributed by atoms with Crippen LogP contribution in [0.3, 0.4) is 0 Å². The number of hydrogen-bond acceptors (Lipinski definition) is 2. The first-order valence-corrected chi connectivity index (χ1v) is 4.95. The van der Waals surface area contributed by atoms with E-state index in [1.807, 2.05) is 6.20 Å². The maximum atomic E-state index is 4.15. The van der Waals surface area contributed by atoms with Crippen molar-refractivity contribution in [2.24, 2.45) is 0 Å². The minimum absolute atomic E-state index is 1.17. The van der Waals surface area contributed by atoms with E-state index in [1.165, 1.54) is 38.2 Å². The lowest BCUT2D eigenvalue weighted by Gasteiger charge is -1.91. The van der Waals surface area contributed by atoms with Crippen LogP contribution in [0.4, 0.5) is 0 Å². The second kappa shape index (κ2) is 2.33. The topological polar surface area (TPSA) is 28.7 Å². The predicted molar refractivity (Wildman–Crippen MR) is 56.2 cm³/mol. The number of fused-ring (bicyclic) bond motifs is 3. The Kier molecular flexibility index (Phi) is 1.27. The van der Waals surface area contributed by atoms with E-state index in [2.05, 4.69) is 34.5 Å². The molecule has 1 N–H and O–H groups in total. The highest BCUT2D eigenvalue weighted by molar-refractivity contribution is 7.13. The molecule has 0 spiro atoms. The van der Waals surface area contributed by atoms with E-state index in [0.717, 1.165) is 0 Å². The fourth-order valence-corrected chi connectivity index (χ4v) is 2.31. The average molecular weight is 188 g/mol. The van der Waals surface area contributed by atoms with Crippen LogP contribution >= 0.6 is 11.5 Å². The van der Waals surface area contributed by atoms with Crippen molar-refractivity contribution in [3.05, 3.63) is 30.0 Å². The lowest BCUT2D eigenvalue weighted by molar-refractivity contribution is 1.49. The van der Waals surface area contributed by atoms with Gasteiger partial charge in [0.15, 0.2) is 0 Å². The normalized spacial score (nSPS) is 11.5. The summed E-state index contributed by atoms with van der Waals surface area (Å²) in [4.78, 5) is 4.51. The minimum Gasteiger partial charge on any atom is -0.345 e. The fraction of sp³-hybridized carbons (Fsp3) is 0.100. The Balaban J connectivity index is 2.61. The maximum Gasteiger partial charge on any atom is 0.121 e. The Morgan fingerprint density at radius 2 is 2.23 bits per heavy atom.